The van der Waals surface area contributed by atoms with Crippen molar-refractivity contribution in [3.05, 3.63) is 35.9 Å². The molecule has 1 unspecified atom stereocenters. The molecule has 0 aliphatic carbocycles. The zero-order valence-corrected chi connectivity index (χ0v) is 11.7. The van der Waals surface area contributed by atoms with Gasteiger partial charge in [0.1, 0.15) is 0 Å². The molecule has 1 aromatic rings. The van der Waals surface area contributed by atoms with E-state index < -0.39 is 0 Å². The molecule has 0 bridgehead atoms. The molecule has 1 saturated heterocycles. The van der Waals surface area contributed by atoms with Crippen LogP contribution < -0.4 is 10.6 Å². The van der Waals surface area contributed by atoms with E-state index in [-0.39, 0.29) is 30.3 Å². The van der Waals surface area contributed by atoms with Crippen molar-refractivity contribution in [2.45, 2.75) is 19.9 Å². The van der Waals surface area contributed by atoms with Crippen LogP contribution in [0.2, 0.25) is 0 Å². The Morgan fingerprint density at radius 3 is 2.33 bits per heavy atom. The summed E-state index contributed by atoms with van der Waals surface area (Å²) in [6.45, 7) is 5.89. The maximum absolute atomic E-state index is 12.0. The summed E-state index contributed by atoms with van der Waals surface area (Å²) >= 11 is 0. The zero-order valence-electron chi connectivity index (χ0n) is 10.8. The SMILES string of the molecule is CC(C)C(NC(=O)C1CNC1)c1ccccc1.Cl. The molecule has 1 amide bonds. The molecule has 0 aromatic heterocycles. The van der Waals surface area contributed by atoms with Gasteiger partial charge >= 0.3 is 0 Å². The van der Waals surface area contributed by atoms with Crippen LogP contribution in [0.5, 0.6) is 0 Å². The first-order valence-electron chi connectivity index (χ1n) is 6.24. The molecule has 1 heterocycles. The van der Waals surface area contributed by atoms with Crippen molar-refractivity contribution < 1.29 is 4.79 Å². The average Bonchev–Trinajstić information content (AvgIpc) is 2.24. The molecule has 1 aromatic carbocycles. The predicted molar refractivity (Wildman–Crippen MR) is 75.8 cm³/mol. The van der Waals surface area contributed by atoms with Gasteiger partial charge in [-0.3, -0.25) is 4.79 Å². The summed E-state index contributed by atoms with van der Waals surface area (Å²) in [4.78, 5) is 12.0. The molecule has 1 fully saturated rings. The maximum atomic E-state index is 12.0. The highest BCUT2D eigenvalue weighted by atomic mass is 35.5. The normalized spacial score (nSPS) is 16.6. The Balaban J connectivity index is 0.00000162. The van der Waals surface area contributed by atoms with Crippen LogP contribution in [0.25, 0.3) is 0 Å². The van der Waals surface area contributed by atoms with E-state index in [0.29, 0.717) is 5.92 Å². The molecule has 0 radical (unpaired) electrons. The summed E-state index contributed by atoms with van der Waals surface area (Å²) < 4.78 is 0. The topological polar surface area (TPSA) is 41.1 Å². The van der Waals surface area contributed by atoms with Gasteiger partial charge in [-0.05, 0) is 11.5 Å². The highest BCUT2D eigenvalue weighted by Gasteiger charge is 2.27. The molecular weight excluding hydrogens is 248 g/mol. The van der Waals surface area contributed by atoms with Crippen molar-refractivity contribution in [1.29, 1.82) is 0 Å². The van der Waals surface area contributed by atoms with Gasteiger partial charge in [-0.15, -0.1) is 12.4 Å². The van der Waals surface area contributed by atoms with Crippen LogP contribution in [0, 0.1) is 11.8 Å². The van der Waals surface area contributed by atoms with Crippen LogP contribution in [-0.4, -0.2) is 19.0 Å². The van der Waals surface area contributed by atoms with Crippen LogP contribution in [-0.2, 0) is 4.79 Å². The number of carbonyl (C=O) groups excluding carboxylic acids is 1. The molecule has 1 atom stereocenters. The van der Waals surface area contributed by atoms with E-state index >= 15 is 0 Å². The Morgan fingerprint density at radius 2 is 1.89 bits per heavy atom. The molecule has 2 N–H and O–H groups in total. The van der Waals surface area contributed by atoms with Gasteiger partial charge < -0.3 is 10.6 Å². The standard InChI is InChI=1S/C14H20N2O.ClH/c1-10(2)13(11-6-4-3-5-7-11)16-14(17)12-8-15-9-12;/h3-7,10,12-13,15H,8-9H2,1-2H3,(H,16,17);1H. The Labute approximate surface area is 115 Å². The average molecular weight is 269 g/mol. The Kier molecular flexibility index (Phi) is 5.63. The van der Waals surface area contributed by atoms with Gasteiger partial charge in [0.05, 0.1) is 12.0 Å². The van der Waals surface area contributed by atoms with E-state index in [0.717, 1.165) is 13.1 Å². The molecule has 4 heteroatoms. The van der Waals surface area contributed by atoms with Crippen LogP contribution in [0.15, 0.2) is 30.3 Å². The highest BCUT2D eigenvalue weighted by molar-refractivity contribution is 5.85. The molecule has 3 nitrogen and oxygen atoms in total. The Bertz CT molecular complexity index is 377. The number of benzene rings is 1. The summed E-state index contributed by atoms with van der Waals surface area (Å²) in [5, 5.41) is 6.28. The Hall–Kier alpha value is -1.06. The van der Waals surface area contributed by atoms with Crippen molar-refractivity contribution in [2.24, 2.45) is 11.8 Å². The lowest BCUT2D eigenvalue weighted by atomic mass is 9.94. The second-order valence-electron chi connectivity index (χ2n) is 5.00. The van der Waals surface area contributed by atoms with E-state index in [1.165, 1.54) is 5.56 Å². The monoisotopic (exact) mass is 268 g/mol. The minimum Gasteiger partial charge on any atom is -0.349 e. The maximum Gasteiger partial charge on any atom is 0.226 e. The van der Waals surface area contributed by atoms with Crippen molar-refractivity contribution in [3.8, 4) is 0 Å². The van der Waals surface area contributed by atoms with E-state index in [2.05, 4.69) is 36.6 Å². The van der Waals surface area contributed by atoms with Gasteiger partial charge in [0.15, 0.2) is 0 Å². The second-order valence-corrected chi connectivity index (χ2v) is 5.00. The first-order chi connectivity index (χ1) is 8.18. The van der Waals surface area contributed by atoms with Gasteiger partial charge in [-0.1, -0.05) is 44.2 Å². The third kappa shape index (κ3) is 3.47. The van der Waals surface area contributed by atoms with Crippen molar-refractivity contribution in [3.63, 3.8) is 0 Å². The third-order valence-corrected chi connectivity index (χ3v) is 3.28. The van der Waals surface area contributed by atoms with Crippen molar-refractivity contribution in [2.75, 3.05) is 13.1 Å². The van der Waals surface area contributed by atoms with Gasteiger partial charge in [0, 0.05) is 13.1 Å². The molecule has 2 rings (SSSR count). The summed E-state index contributed by atoms with van der Waals surface area (Å²) in [5.74, 6) is 0.723. The third-order valence-electron chi connectivity index (χ3n) is 3.28. The summed E-state index contributed by atoms with van der Waals surface area (Å²) in [6.07, 6.45) is 0. The lowest BCUT2D eigenvalue weighted by Crippen LogP contribution is -2.51. The minimum atomic E-state index is 0. The summed E-state index contributed by atoms with van der Waals surface area (Å²) in [6, 6.07) is 10.3. The van der Waals surface area contributed by atoms with Gasteiger partial charge in [-0.2, -0.15) is 0 Å². The molecule has 18 heavy (non-hydrogen) atoms. The van der Waals surface area contributed by atoms with Gasteiger partial charge in [0.2, 0.25) is 5.91 Å². The van der Waals surface area contributed by atoms with Crippen LogP contribution in [0.3, 0.4) is 0 Å². The molecule has 0 saturated carbocycles. The molecule has 0 spiro atoms. The number of nitrogens with one attached hydrogen (secondary N) is 2. The molecular formula is C14H21ClN2O. The first-order valence-corrected chi connectivity index (χ1v) is 6.24. The molecule has 1 aliphatic rings. The second kappa shape index (κ2) is 6.76. The van der Waals surface area contributed by atoms with E-state index in [4.69, 9.17) is 0 Å². The quantitative estimate of drug-likeness (QED) is 0.879. The summed E-state index contributed by atoms with van der Waals surface area (Å²) in [7, 11) is 0. The van der Waals surface area contributed by atoms with Crippen LogP contribution >= 0.6 is 12.4 Å². The fraction of sp³-hybridized carbons (Fsp3) is 0.500. The summed E-state index contributed by atoms with van der Waals surface area (Å²) in [5.41, 5.74) is 1.18. The van der Waals surface area contributed by atoms with Crippen molar-refractivity contribution in [1.82, 2.24) is 10.6 Å². The number of amides is 1. The lowest BCUT2D eigenvalue weighted by molar-refractivity contribution is -0.127. The first kappa shape index (κ1) is 15.0. The number of carbonyl (C=O) groups is 1. The van der Waals surface area contributed by atoms with E-state index in [1.807, 2.05) is 18.2 Å². The van der Waals surface area contributed by atoms with E-state index in [9.17, 15) is 4.79 Å². The largest absolute Gasteiger partial charge is 0.349 e. The molecule has 1 aliphatic heterocycles. The molecule has 100 valence electrons. The fourth-order valence-electron chi connectivity index (χ4n) is 2.04. The van der Waals surface area contributed by atoms with Gasteiger partial charge in [0.25, 0.3) is 0 Å². The lowest BCUT2D eigenvalue weighted by Gasteiger charge is -2.30. The van der Waals surface area contributed by atoms with Gasteiger partial charge in [-0.25, -0.2) is 0 Å². The highest BCUT2D eigenvalue weighted by Crippen LogP contribution is 2.22. The number of hydrogen-bond donors (Lipinski definition) is 2. The van der Waals surface area contributed by atoms with Crippen LogP contribution in [0.1, 0.15) is 25.5 Å². The minimum absolute atomic E-state index is 0. The number of halogens is 1. The van der Waals surface area contributed by atoms with Crippen molar-refractivity contribution >= 4 is 18.3 Å². The number of rotatable bonds is 4. The predicted octanol–water partition coefficient (Wildman–Crippen LogP) is 2.14. The Morgan fingerprint density at radius 1 is 1.28 bits per heavy atom. The smallest absolute Gasteiger partial charge is 0.226 e. The zero-order chi connectivity index (χ0) is 12.3. The van der Waals surface area contributed by atoms with E-state index in [1.54, 1.807) is 0 Å². The number of hydrogen-bond acceptors (Lipinski definition) is 2. The fourth-order valence-corrected chi connectivity index (χ4v) is 2.04. The van der Waals surface area contributed by atoms with Crippen LogP contribution in [0.4, 0.5) is 0 Å².